The lowest BCUT2D eigenvalue weighted by Gasteiger charge is -2.45. The van der Waals surface area contributed by atoms with Crippen LogP contribution in [-0.4, -0.2) is 37.5 Å². The van der Waals surface area contributed by atoms with Crippen LogP contribution in [0, 0.1) is 0 Å². The Balaban J connectivity index is 1.66. The number of nitrogens with zero attached hydrogens (tertiary/aromatic N) is 1. The highest BCUT2D eigenvalue weighted by atomic mass is 32.2. The number of sulfonamides is 1. The molecular formula is C24H30N2O4S. The summed E-state index contributed by atoms with van der Waals surface area (Å²) in [6.45, 7) is 0. The molecule has 1 heterocycles. The zero-order chi connectivity index (χ0) is 22.1. The third-order valence-electron chi connectivity index (χ3n) is 6.53. The molecule has 0 radical (unpaired) electrons. The van der Waals surface area contributed by atoms with Gasteiger partial charge in [0.05, 0.1) is 12.3 Å². The van der Waals surface area contributed by atoms with Crippen LogP contribution in [0.25, 0.3) is 0 Å². The van der Waals surface area contributed by atoms with Gasteiger partial charge < -0.3 is 10.1 Å². The Labute approximate surface area is 184 Å². The first-order chi connectivity index (χ1) is 14.8. The van der Waals surface area contributed by atoms with Gasteiger partial charge in [-0.1, -0.05) is 55.0 Å². The van der Waals surface area contributed by atoms with E-state index in [2.05, 4.69) is 5.32 Å². The Hall–Kier alpha value is -2.38. The standard InChI is InChI=1S/C24H30N2O4S/c1-26(31(2,28)29)22(18-11-5-3-6-12-18)23(27)25-20-17-24(15-9-4-10-16-24)30-21-14-8-7-13-19(20)21/h3,5-8,11-14,20,22H,4,9-10,15-17H2,1-2H3,(H,25,27). The van der Waals surface area contributed by atoms with Crippen molar-refractivity contribution in [2.75, 3.05) is 13.3 Å². The van der Waals surface area contributed by atoms with Crippen LogP contribution in [0.2, 0.25) is 0 Å². The fourth-order valence-corrected chi connectivity index (χ4v) is 5.45. The zero-order valence-corrected chi connectivity index (χ0v) is 18.9. The van der Waals surface area contributed by atoms with E-state index in [-0.39, 0.29) is 17.6 Å². The van der Waals surface area contributed by atoms with E-state index < -0.39 is 16.1 Å². The quantitative estimate of drug-likeness (QED) is 0.760. The van der Waals surface area contributed by atoms with Gasteiger partial charge in [-0.15, -0.1) is 0 Å². The van der Waals surface area contributed by atoms with Crippen molar-refractivity contribution in [2.45, 2.75) is 56.2 Å². The largest absolute Gasteiger partial charge is 0.487 e. The minimum Gasteiger partial charge on any atom is -0.487 e. The summed E-state index contributed by atoms with van der Waals surface area (Å²) in [5.74, 6) is 0.487. The van der Waals surface area contributed by atoms with Crippen molar-refractivity contribution < 1.29 is 17.9 Å². The summed E-state index contributed by atoms with van der Waals surface area (Å²) >= 11 is 0. The van der Waals surface area contributed by atoms with Gasteiger partial charge in [0.25, 0.3) is 0 Å². The summed E-state index contributed by atoms with van der Waals surface area (Å²) in [6, 6.07) is 15.7. The number of fused-ring (bicyclic) bond motifs is 1. The van der Waals surface area contributed by atoms with Crippen LogP contribution >= 0.6 is 0 Å². The normalized spacial score (nSPS) is 21.2. The number of carbonyl (C=O) groups is 1. The molecule has 1 spiro atoms. The second kappa shape index (κ2) is 8.63. The minimum absolute atomic E-state index is 0.227. The van der Waals surface area contributed by atoms with E-state index in [0.717, 1.165) is 47.6 Å². The van der Waals surface area contributed by atoms with Gasteiger partial charge in [0, 0.05) is 19.0 Å². The molecule has 0 aromatic heterocycles. The summed E-state index contributed by atoms with van der Waals surface area (Å²) in [7, 11) is -2.12. The molecule has 1 saturated carbocycles. The first kappa shape index (κ1) is 21.8. The van der Waals surface area contributed by atoms with Crippen LogP contribution in [0.3, 0.4) is 0 Å². The van der Waals surface area contributed by atoms with Gasteiger partial charge in [-0.3, -0.25) is 4.79 Å². The lowest BCUT2D eigenvalue weighted by atomic mass is 9.77. The zero-order valence-electron chi connectivity index (χ0n) is 18.1. The Morgan fingerprint density at radius 3 is 2.39 bits per heavy atom. The second-order valence-electron chi connectivity index (χ2n) is 8.74. The number of rotatable bonds is 5. The molecule has 7 heteroatoms. The fraction of sp³-hybridized carbons (Fsp3) is 0.458. The van der Waals surface area contributed by atoms with Crippen LogP contribution in [0.1, 0.15) is 61.7 Å². The summed E-state index contributed by atoms with van der Waals surface area (Å²) < 4.78 is 32.2. The molecule has 2 aromatic carbocycles. The van der Waals surface area contributed by atoms with E-state index in [1.165, 1.54) is 13.5 Å². The molecule has 2 atom stereocenters. The highest BCUT2D eigenvalue weighted by Gasteiger charge is 2.43. The van der Waals surface area contributed by atoms with Crippen LogP contribution in [0.15, 0.2) is 54.6 Å². The van der Waals surface area contributed by atoms with Gasteiger partial charge in [-0.2, -0.15) is 4.31 Å². The molecule has 2 aliphatic rings. The van der Waals surface area contributed by atoms with Crippen LogP contribution < -0.4 is 10.1 Å². The molecule has 2 aromatic rings. The summed E-state index contributed by atoms with van der Waals surface area (Å²) in [5, 5.41) is 3.17. The highest BCUT2D eigenvalue weighted by Crippen LogP contribution is 2.46. The molecule has 4 rings (SSSR count). The molecule has 1 aliphatic carbocycles. The van der Waals surface area contributed by atoms with Gasteiger partial charge >= 0.3 is 0 Å². The molecular weight excluding hydrogens is 412 g/mol. The SMILES string of the molecule is CN(C(C(=O)NC1CC2(CCCCC2)Oc2ccccc21)c1ccccc1)S(C)(=O)=O. The maximum Gasteiger partial charge on any atom is 0.243 e. The van der Waals surface area contributed by atoms with E-state index in [4.69, 9.17) is 4.74 Å². The van der Waals surface area contributed by atoms with Crippen molar-refractivity contribution in [1.29, 1.82) is 0 Å². The number of carbonyl (C=O) groups excluding carboxylic acids is 1. The highest BCUT2D eigenvalue weighted by molar-refractivity contribution is 7.88. The number of ether oxygens (including phenoxy) is 1. The molecule has 31 heavy (non-hydrogen) atoms. The monoisotopic (exact) mass is 442 g/mol. The first-order valence-electron chi connectivity index (χ1n) is 10.9. The van der Waals surface area contributed by atoms with Crippen molar-refractivity contribution in [2.24, 2.45) is 0 Å². The van der Waals surface area contributed by atoms with Gasteiger partial charge in [0.1, 0.15) is 17.4 Å². The van der Waals surface area contributed by atoms with E-state index in [1.54, 1.807) is 12.1 Å². The van der Waals surface area contributed by atoms with Gasteiger partial charge in [0.15, 0.2) is 0 Å². The second-order valence-corrected chi connectivity index (χ2v) is 10.8. The van der Waals surface area contributed by atoms with Crippen molar-refractivity contribution in [3.63, 3.8) is 0 Å². The molecule has 1 aliphatic heterocycles. The predicted octanol–water partition coefficient (Wildman–Crippen LogP) is 3.96. The minimum atomic E-state index is -3.58. The first-order valence-corrected chi connectivity index (χ1v) is 12.7. The topological polar surface area (TPSA) is 75.7 Å². The molecule has 166 valence electrons. The number of hydrogen-bond donors (Lipinski definition) is 1. The van der Waals surface area contributed by atoms with E-state index >= 15 is 0 Å². The smallest absolute Gasteiger partial charge is 0.243 e. The number of hydrogen-bond acceptors (Lipinski definition) is 4. The molecule has 1 N–H and O–H groups in total. The lowest BCUT2D eigenvalue weighted by molar-refractivity contribution is -0.126. The molecule has 0 bridgehead atoms. The Morgan fingerprint density at radius 2 is 1.71 bits per heavy atom. The molecule has 1 fully saturated rings. The Bertz CT molecular complexity index is 1030. The molecule has 1 amide bonds. The summed E-state index contributed by atoms with van der Waals surface area (Å²) in [4.78, 5) is 13.5. The summed E-state index contributed by atoms with van der Waals surface area (Å²) in [5.41, 5.74) is 1.32. The third-order valence-corrected chi connectivity index (χ3v) is 7.79. The predicted molar refractivity (Wildman–Crippen MR) is 120 cm³/mol. The Kier molecular flexibility index (Phi) is 6.08. The van der Waals surface area contributed by atoms with E-state index in [9.17, 15) is 13.2 Å². The maximum absolute atomic E-state index is 13.5. The van der Waals surface area contributed by atoms with Crippen molar-refractivity contribution in [3.05, 3.63) is 65.7 Å². The van der Waals surface area contributed by atoms with Crippen molar-refractivity contribution >= 4 is 15.9 Å². The van der Waals surface area contributed by atoms with Crippen molar-refractivity contribution in [1.82, 2.24) is 9.62 Å². The van der Waals surface area contributed by atoms with Gasteiger partial charge in [0.2, 0.25) is 15.9 Å². The average molecular weight is 443 g/mol. The maximum atomic E-state index is 13.5. The average Bonchev–Trinajstić information content (AvgIpc) is 2.74. The molecule has 2 unspecified atom stereocenters. The molecule has 6 nitrogen and oxygen atoms in total. The third kappa shape index (κ3) is 4.62. The number of likely N-dealkylation sites (N-methyl/N-ethyl adjacent to an activating group) is 1. The molecule has 0 saturated heterocycles. The van der Waals surface area contributed by atoms with Crippen LogP contribution in [0.4, 0.5) is 0 Å². The number of benzene rings is 2. The fourth-order valence-electron chi connectivity index (χ4n) is 4.85. The lowest BCUT2D eigenvalue weighted by Crippen LogP contribution is -2.48. The Morgan fingerprint density at radius 1 is 1.06 bits per heavy atom. The van der Waals surface area contributed by atoms with E-state index in [0.29, 0.717) is 12.0 Å². The number of amides is 1. The number of para-hydroxylation sites is 1. The van der Waals surface area contributed by atoms with Gasteiger partial charge in [-0.25, -0.2) is 8.42 Å². The van der Waals surface area contributed by atoms with Crippen LogP contribution in [0.5, 0.6) is 5.75 Å². The van der Waals surface area contributed by atoms with Gasteiger partial charge in [-0.05, 0) is 37.3 Å². The van der Waals surface area contributed by atoms with Crippen molar-refractivity contribution in [3.8, 4) is 5.75 Å². The van der Waals surface area contributed by atoms with Crippen LogP contribution in [-0.2, 0) is 14.8 Å². The summed E-state index contributed by atoms with van der Waals surface area (Å²) in [6.07, 6.45) is 7.20. The number of nitrogens with one attached hydrogen (secondary N) is 1. The van der Waals surface area contributed by atoms with E-state index in [1.807, 2.05) is 42.5 Å².